The van der Waals surface area contributed by atoms with Crippen molar-refractivity contribution in [2.24, 2.45) is 0 Å². The number of thioether (sulfide) groups is 1. The molecule has 9 heteroatoms. The molecule has 1 aliphatic rings. The Hall–Kier alpha value is -1.44. The highest BCUT2D eigenvalue weighted by atomic mass is 35.5. The van der Waals surface area contributed by atoms with Crippen molar-refractivity contribution in [3.63, 3.8) is 0 Å². The second-order valence-electron chi connectivity index (χ2n) is 4.26. The van der Waals surface area contributed by atoms with E-state index < -0.39 is 5.91 Å². The van der Waals surface area contributed by atoms with Crippen molar-refractivity contribution in [3.8, 4) is 0 Å². The van der Waals surface area contributed by atoms with Crippen molar-refractivity contribution in [1.29, 1.82) is 0 Å². The van der Waals surface area contributed by atoms with Crippen molar-refractivity contribution in [2.75, 3.05) is 23.3 Å². The molecule has 1 aliphatic heterocycles. The van der Waals surface area contributed by atoms with Crippen LogP contribution < -0.4 is 11.1 Å². The van der Waals surface area contributed by atoms with Gasteiger partial charge in [0.25, 0.3) is 5.24 Å². The van der Waals surface area contributed by atoms with E-state index in [4.69, 9.17) is 28.9 Å². The fourth-order valence-corrected chi connectivity index (χ4v) is 3.07. The minimum Gasteiger partial charge on any atom is -0.399 e. The molecule has 0 spiro atoms. The minimum absolute atomic E-state index is 0.0285. The first-order chi connectivity index (χ1) is 9.88. The molecule has 112 valence electrons. The summed E-state index contributed by atoms with van der Waals surface area (Å²) in [6.07, 6.45) is -0.0327. The van der Waals surface area contributed by atoms with Gasteiger partial charge in [-0.3, -0.25) is 19.3 Å². The zero-order chi connectivity index (χ0) is 15.6. The number of nitrogens with two attached hydrogens (primary N) is 1. The normalized spacial score (nSPS) is 14.7. The van der Waals surface area contributed by atoms with Crippen molar-refractivity contribution < 1.29 is 14.4 Å². The van der Waals surface area contributed by atoms with Crippen LogP contribution in [-0.2, 0) is 9.59 Å². The number of nitrogens with zero attached hydrogens (tertiary/aromatic N) is 1. The van der Waals surface area contributed by atoms with Crippen LogP contribution in [0.2, 0.25) is 10.0 Å². The van der Waals surface area contributed by atoms with Crippen molar-refractivity contribution >= 4 is 63.4 Å². The summed E-state index contributed by atoms with van der Waals surface area (Å²) >= 11 is 12.8. The molecule has 1 aromatic rings. The molecular formula is C12H11Cl2N3O3S. The molecule has 1 fully saturated rings. The number of carbonyl (C=O) groups excluding carboxylic acids is 3. The SMILES string of the molecule is Nc1cc(Cl)c(NC(=O)CCN2C(=O)CSC2=O)c(Cl)c1. The summed E-state index contributed by atoms with van der Waals surface area (Å²) in [6, 6.07) is 2.93. The van der Waals surface area contributed by atoms with E-state index >= 15 is 0 Å². The summed E-state index contributed by atoms with van der Waals surface area (Å²) in [5.41, 5.74) is 6.20. The Kier molecular flexibility index (Phi) is 4.97. The Labute approximate surface area is 134 Å². The van der Waals surface area contributed by atoms with E-state index in [0.717, 1.165) is 16.7 Å². The maximum atomic E-state index is 11.9. The molecule has 0 aromatic heterocycles. The average Bonchev–Trinajstić information content (AvgIpc) is 2.71. The lowest BCUT2D eigenvalue weighted by Crippen LogP contribution is -2.32. The number of amides is 3. The van der Waals surface area contributed by atoms with Crippen LogP contribution >= 0.6 is 35.0 Å². The smallest absolute Gasteiger partial charge is 0.288 e. The van der Waals surface area contributed by atoms with Crippen LogP contribution in [0.3, 0.4) is 0 Å². The van der Waals surface area contributed by atoms with E-state index in [1.54, 1.807) is 0 Å². The molecule has 6 nitrogen and oxygen atoms in total. The van der Waals surface area contributed by atoms with Gasteiger partial charge in [-0.2, -0.15) is 0 Å². The number of hydrogen-bond donors (Lipinski definition) is 2. The fraction of sp³-hybridized carbons (Fsp3) is 0.250. The lowest BCUT2D eigenvalue weighted by molar-refractivity contribution is -0.125. The lowest BCUT2D eigenvalue weighted by Gasteiger charge is -2.13. The van der Waals surface area contributed by atoms with Gasteiger partial charge in [-0.1, -0.05) is 35.0 Å². The Morgan fingerprint density at radius 3 is 2.48 bits per heavy atom. The maximum absolute atomic E-state index is 11.9. The second-order valence-corrected chi connectivity index (χ2v) is 6.00. The molecule has 0 radical (unpaired) electrons. The fourth-order valence-electron chi connectivity index (χ4n) is 1.72. The van der Waals surface area contributed by atoms with E-state index in [1.807, 2.05) is 0 Å². The largest absolute Gasteiger partial charge is 0.399 e. The molecule has 1 heterocycles. The van der Waals surface area contributed by atoms with Gasteiger partial charge in [0.1, 0.15) is 0 Å². The molecule has 1 saturated heterocycles. The van der Waals surface area contributed by atoms with Crippen LogP contribution in [0, 0.1) is 0 Å². The third-order valence-corrected chi connectivity index (χ3v) is 4.19. The summed E-state index contributed by atoms with van der Waals surface area (Å²) < 4.78 is 0. The van der Waals surface area contributed by atoms with E-state index in [0.29, 0.717) is 5.69 Å². The van der Waals surface area contributed by atoms with E-state index in [9.17, 15) is 14.4 Å². The van der Waals surface area contributed by atoms with Gasteiger partial charge >= 0.3 is 0 Å². The first-order valence-electron chi connectivity index (χ1n) is 5.90. The second kappa shape index (κ2) is 6.55. The van der Waals surface area contributed by atoms with Gasteiger partial charge in [0.15, 0.2) is 0 Å². The van der Waals surface area contributed by atoms with Crippen LogP contribution in [-0.4, -0.2) is 34.3 Å². The van der Waals surface area contributed by atoms with Crippen LogP contribution in [0.5, 0.6) is 0 Å². The summed E-state index contributed by atoms with van der Waals surface area (Å²) in [5, 5.41) is 2.65. The maximum Gasteiger partial charge on any atom is 0.288 e. The molecule has 0 saturated carbocycles. The number of benzene rings is 1. The zero-order valence-corrected chi connectivity index (χ0v) is 13.0. The molecule has 0 unspecified atom stereocenters. The van der Waals surface area contributed by atoms with E-state index in [1.165, 1.54) is 12.1 Å². The monoisotopic (exact) mass is 347 g/mol. The van der Waals surface area contributed by atoms with Gasteiger partial charge in [0, 0.05) is 18.7 Å². The molecule has 0 bridgehead atoms. The Morgan fingerprint density at radius 1 is 1.33 bits per heavy atom. The summed E-state index contributed by atoms with van der Waals surface area (Å²) in [5.74, 6) is -0.571. The number of hydrogen-bond acceptors (Lipinski definition) is 5. The third-order valence-electron chi connectivity index (χ3n) is 2.73. The predicted octanol–water partition coefficient (Wildman–Crippen LogP) is 2.60. The van der Waals surface area contributed by atoms with Gasteiger partial charge in [-0.05, 0) is 12.1 Å². The third kappa shape index (κ3) is 3.81. The molecule has 21 heavy (non-hydrogen) atoms. The van der Waals surface area contributed by atoms with Gasteiger partial charge in [-0.25, -0.2) is 0 Å². The minimum atomic E-state index is -0.402. The van der Waals surface area contributed by atoms with E-state index in [-0.39, 0.29) is 45.6 Å². The lowest BCUT2D eigenvalue weighted by atomic mass is 10.2. The molecule has 0 aliphatic carbocycles. The van der Waals surface area contributed by atoms with E-state index in [2.05, 4.69) is 5.32 Å². The standard InChI is InChI=1S/C12H11Cl2N3O3S/c13-7-3-6(15)4-8(14)11(7)16-9(18)1-2-17-10(19)5-21-12(17)20/h3-4H,1-2,5,15H2,(H,16,18). The summed E-state index contributed by atoms with van der Waals surface area (Å²) in [7, 11) is 0. The highest BCUT2D eigenvalue weighted by Gasteiger charge is 2.29. The van der Waals surface area contributed by atoms with Gasteiger partial charge in [-0.15, -0.1) is 0 Å². The van der Waals surface area contributed by atoms with Crippen molar-refractivity contribution in [3.05, 3.63) is 22.2 Å². The topological polar surface area (TPSA) is 92.5 Å². The number of rotatable bonds is 4. The van der Waals surface area contributed by atoms with Crippen LogP contribution in [0.1, 0.15) is 6.42 Å². The van der Waals surface area contributed by atoms with Crippen LogP contribution in [0.4, 0.5) is 16.2 Å². The Bertz CT molecular complexity index is 585. The Balaban J connectivity index is 1.96. The van der Waals surface area contributed by atoms with Crippen LogP contribution in [0.25, 0.3) is 0 Å². The van der Waals surface area contributed by atoms with Crippen LogP contribution in [0.15, 0.2) is 12.1 Å². The zero-order valence-electron chi connectivity index (χ0n) is 10.7. The molecule has 3 N–H and O–H groups in total. The molecule has 0 atom stereocenters. The van der Waals surface area contributed by atoms with Gasteiger partial charge < -0.3 is 11.1 Å². The number of nitrogens with one attached hydrogen (secondary N) is 1. The number of carbonyl (C=O) groups is 3. The highest BCUT2D eigenvalue weighted by molar-refractivity contribution is 8.14. The summed E-state index contributed by atoms with van der Waals surface area (Å²) in [6.45, 7) is 0.0285. The number of nitrogen functional groups attached to an aromatic ring is 1. The number of anilines is 2. The molecular weight excluding hydrogens is 337 g/mol. The first-order valence-corrected chi connectivity index (χ1v) is 7.64. The molecule has 2 rings (SSSR count). The molecule has 1 aromatic carbocycles. The molecule has 3 amide bonds. The average molecular weight is 348 g/mol. The Morgan fingerprint density at radius 2 is 1.95 bits per heavy atom. The number of imide groups is 1. The summed E-state index contributed by atoms with van der Waals surface area (Å²) in [4.78, 5) is 35.7. The van der Waals surface area contributed by atoms with Gasteiger partial charge in [0.2, 0.25) is 11.8 Å². The highest BCUT2D eigenvalue weighted by Crippen LogP contribution is 2.32. The first kappa shape index (κ1) is 15.9. The van der Waals surface area contributed by atoms with Gasteiger partial charge in [0.05, 0.1) is 21.5 Å². The van der Waals surface area contributed by atoms with Crippen molar-refractivity contribution in [2.45, 2.75) is 6.42 Å². The van der Waals surface area contributed by atoms with Crippen molar-refractivity contribution in [1.82, 2.24) is 4.90 Å². The number of halogens is 2. The predicted molar refractivity (Wildman–Crippen MR) is 83.7 cm³/mol. The quantitative estimate of drug-likeness (QED) is 0.816.